The first kappa shape index (κ1) is 18.1. The lowest BCUT2D eigenvalue weighted by Crippen LogP contribution is -2.23. The highest BCUT2D eigenvalue weighted by atomic mass is 35.5. The van der Waals surface area contributed by atoms with Crippen LogP contribution in [-0.2, 0) is 0 Å². The number of aromatic nitrogens is 2. The molecule has 0 saturated carbocycles. The summed E-state index contributed by atoms with van der Waals surface area (Å²) in [5, 5.41) is 4.35. The van der Waals surface area contributed by atoms with Crippen LogP contribution >= 0.6 is 23.2 Å². The average molecular weight is 400 g/mol. The summed E-state index contributed by atoms with van der Waals surface area (Å²) in [5.41, 5.74) is 4.33. The molecular weight excluding hydrogens is 381 g/mol. The molecule has 0 saturated heterocycles. The molecule has 1 aromatic heterocycles. The van der Waals surface area contributed by atoms with Gasteiger partial charge in [-0.05, 0) is 56.2 Å². The van der Waals surface area contributed by atoms with Crippen molar-refractivity contribution >= 4 is 29.1 Å². The van der Waals surface area contributed by atoms with Gasteiger partial charge >= 0.3 is 0 Å². The fourth-order valence-electron chi connectivity index (χ4n) is 3.60. The van der Waals surface area contributed by atoms with Crippen LogP contribution in [0, 0.1) is 6.92 Å². The van der Waals surface area contributed by atoms with E-state index in [9.17, 15) is 4.79 Å². The lowest BCUT2D eigenvalue weighted by Gasteiger charge is -2.21. The Balaban J connectivity index is 1.94. The number of fused-ring (bicyclic) bond motifs is 1. The van der Waals surface area contributed by atoms with Crippen LogP contribution in [-0.4, -0.2) is 15.5 Å². The zero-order valence-corrected chi connectivity index (χ0v) is 16.8. The van der Waals surface area contributed by atoms with Gasteiger partial charge in [-0.2, -0.15) is 0 Å². The van der Waals surface area contributed by atoms with Crippen molar-refractivity contribution in [3.8, 4) is 11.4 Å². The minimum absolute atomic E-state index is 0.122. The van der Waals surface area contributed by atoms with E-state index in [0.29, 0.717) is 15.7 Å². The quantitative estimate of drug-likeness (QED) is 0.624. The summed E-state index contributed by atoms with van der Waals surface area (Å²) in [6.45, 7) is 6.20. The number of nitrogens with one attached hydrogen (secondary N) is 1. The Hall–Kier alpha value is -2.30. The van der Waals surface area contributed by atoms with Gasteiger partial charge in [0.05, 0.1) is 11.7 Å². The van der Waals surface area contributed by atoms with Crippen LogP contribution < -0.4 is 5.32 Å². The van der Waals surface area contributed by atoms with Crippen LogP contribution in [0.3, 0.4) is 0 Å². The number of benzene rings is 2. The topological polar surface area (TPSA) is 46.9 Å². The summed E-state index contributed by atoms with van der Waals surface area (Å²) in [6.07, 6.45) is 0. The maximum atomic E-state index is 12.6. The summed E-state index contributed by atoms with van der Waals surface area (Å²) >= 11 is 12.3. The highest BCUT2D eigenvalue weighted by Crippen LogP contribution is 2.38. The zero-order valence-electron chi connectivity index (χ0n) is 15.3. The predicted octanol–water partition coefficient (Wildman–Crippen LogP) is 5.58. The van der Waals surface area contributed by atoms with E-state index in [0.717, 1.165) is 28.2 Å². The van der Waals surface area contributed by atoms with Crippen molar-refractivity contribution in [2.45, 2.75) is 32.9 Å². The normalized spacial score (nSPS) is 15.9. The van der Waals surface area contributed by atoms with Crippen LogP contribution in [0.15, 0.2) is 42.5 Å². The first-order valence-electron chi connectivity index (χ1n) is 8.81. The summed E-state index contributed by atoms with van der Waals surface area (Å²) in [7, 11) is 0. The molecule has 4 nitrogen and oxygen atoms in total. The summed E-state index contributed by atoms with van der Waals surface area (Å²) in [6, 6.07) is 13.1. The first-order valence-corrected chi connectivity index (χ1v) is 9.57. The molecule has 138 valence electrons. The third kappa shape index (κ3) is 3.03. The molecule has 27 heavy (non-hydrogen) atoms. The van der Waals surface area contributed by atoms with Crippen molar-refractivity contribution in [1.29, 1.82) is 0 Å². The Morgan fingerprint density at radius 2 is 1.74 bits per heavy atom. The maximum Gasteiger partial charge on any atom is 0.272 e. The smallest absolute Gasteiger partial charge is 0.272 e. The number of rotatable bonds is 3. The lowest BCUT2D eigenvalue weighted by molar-refractivity contribution is 0.0956. The minimum atomic E-state index is -0.257. The van der Waals surface area contributed by atoms with Crippen LogP contribution in [0.1, 0.15) is 53.2 Å². The number of hydrogen-bond donors (Lipinski definition) is 1. The molecule has 0 spiro atoms. The van der Waals surface area contributed by atoms with Gasteiger partial charge in [-0.25, -0.2) is 4.98 Å². The summed E-state index contributed by atoms with van der Waals surface area (Å²) in [5.74, 6) is 0.606. The average Bonchev–Trinajstić information content (AvgIpc) is 3.16. The Kier molecular flexibility index (Phi) is 4.49. The van der Waals surface area contributed by atoms with E-state index in [2.05, 4.69) is 23.7 Å². The molecule has 0 radical (unpaired) electrons. The van der Waals surface area contributed by atoms with Gasteiger partial charge in [0.25, 0.3) is 5.91 Å². The number of amides is 1. The zero-order chi connectivity index (χ0) is 19.3. The van der Waals surface area contributed by atoms with Gasteiger partial charge in [0.2, 0.25) is 0 Å². The van der Waals surface area contributed by atoms with Gasteiger partial charge in [-0.3, -0.25) is 4.79 Å². The molecule has 3 aromatic rings. The van der Waals surface area contributed by atoms with E-state index in [1.165, 1.54) is 0 Å². The van der Waals surface area contributed by atoms with Gasteiger partial charge < -0.3 is 9.88 Å². The molecule has 0 aliphatic carbocycles. The van der Waals surface area contributed by atoms with Crippen molar-refractivity contribution in [2.24, 2.45) is 0 Å². The van der Waals surface area contributed by atoms with Crippen molar-refractivity contribution < 1.29 is 4.79 Å². The number of carbonyl (C=O) groups excluding carboxylic acids is 1. The Morgan fingerprint density at radius 1 is 1.07 bits per heavy atom. The van der Waals surface area contributed by atoms with Gasteiger partial charge in [-0.15, -0.1) is 0 Å². The summed E-state index contributed by atoms with van der Waals surface area (Å²) < 4.78 is 2.13. The van der Waals surface area contributed by atoms with Gasteiger partial charge in [0.1, 0.15) is 5.82 Å². The molecule has 1 amide bonds. The van der Waals surface area contributed by atoms with Crippen LogP contribution in [0.2, 0.25) is 10.0 Å². The van der Waals surface area contributed by atoms with E-state index < -0.39 is 0 Å². The number of carbonyl (C=O) groups is 1. The number of hydrogen-bond acceptors (Lipinski definition) is 2. The SMILES string of the molecule is Cc1ccc(Cl)cc1-c1nc2c(n1C(C)C)C(c1ccc(Cl)cc1)NC2=O. The molecule has 0 bridgehead atoms. The molecule has 6 heteroatoms. The minimum Gasteiger partial charge on any atom is -0.338 e. The maximum absolute atomic E-state index is 12.6. The fraction of sp³-hybridized carbons (Fsp3) is 0.238. The monoisotopic (exact) mass is 399 g/mol. The number of nitrogens with zero attached hydrogens (tertiary/aromatic N) is 2. The van der Waals surface area contributed by atoms with Crippen molar-refractivity contribution in [3.63, 3.8) is 0 Å². The number of aryl methyl sites for hydroxylation is 1. The second-order valence-corrected chi connectivity index (χ2v) is 7.92. The molecule has 1 N–H and O–H groups in total. The standard InChI is InChI=1S/C21H19Cl2N3O/c1-11(2)26-19-17(13-5-8-14(22)9-6-13)25-21(27)18(19)24-20(26)16-10-15(23)7-4-12(16)3/h4-11,17H,1-3H3,(H,25,27). The van der Waals surface area contributed by atoms with Crippen LogP contribution in [0.4, 0.5) is 0 Å². The van der Waals surface area contributed by atoms with Crippen molar-refractivity contribution in [2.75, 3.05) is 0 Å². The van der Waals surface area contributed by atoms with E-state index in [1.54, 1.807) is 0 Å². The second kappa shape index (κ2) is 6.70. The van der Waals surface area contributed by atoms with Crippen LogP contribution in [0.5, 0.6) is 0 Å². The molecule has 2 heterocycles. The number of imidazole rings is 1. The van der Waals surface area contributed by atoms with E-state index in [-0.39, 0.29) is 18.0 Å². The Bertz CT molecular complexity index is 1040. The molecule has 1 atom stereocenters. The molecular formula is C21H19Cl2N3O. The molecule has 1 aliphatic rings. The van der Waals surface area contributed by atoms with E-state index in [1.807, 2.05) is 49.4 Å². The van der Waals surface area contributed by atoms with Gasteiger partial charge in [0, 0.05) is 21.7 Å². The largest absolute Gasteiger partial charge is 0.338 e. The highest BCUT2D eigenvalue weighted by Gasteiger charge is 2.37. The molecule has 4 rings (SSSR count). The van der Waals surface area contributed by atoms with Crippen molar-refractivity contribution in [3.05, 3.63) is 75.0 Å². The number of halogens is 2. The Labute approximate surface area is 168 Å². The van der Waals surface area contributed by atoms with E-state index >= 15 is 0 Å². The second-order valence-electron chi connectivity index (χ2n) is 7.05. The highest BCUT2D eigenvalue weighted by molar-refractivity contribution is 6.31. The first-order chi connectivity index (χ1) is 12.9. The van der Waals surface area contributed by atoms with E-state index in [4.69, 9.17) is 28.2 Å². The van der Waals surface area contributed by atoms with Gasteiger partial charge in [-0.1, -0.05) is 41.4 Å². The molecule has 1 unspecified atom stereocenters. The Morgan fingerprint density at radius 3 is 2.41 bits per heavy atom. The van der Waals surface area contributed by atoms with Crippen LogP contribution in [0.25, 0.3) is 11.4 Å². The molecule has 2 aromatic carbocycles. The lowest BCUT2D eigenvalue weighted by atomic mass is 10.0. The predicted molar refractivity (Wildman–Crippen MR) is 109 cm³/mol. The van der Waals surface area contributed by atoms with Gasteiger partial charge in [0.15, 0.2) is 5.69 Å². The third-order valence-corrected chi connectivity index (χ3v) is 5.36. The molecule has 0 fully saturated rings. The summed E-state index contributed by atoms with van der Waals surface area (Å²) in [4.78, 5) is 17.4. The van der Waals surface area contributed by atoms with Crippen molar-refractivity contribution in [1.82, 2.24) is 14.9 Å². The molecule has 1 aliphatic heterocycles. The third-order valence-electron chi connectivity index (χ3n) is 4.87. The fourth-order valence-corrected chi connectivity index (χ4v) is 3.90.